The van der Waals surface area contributed by atoms with Gasteiger partial charge in [0.1, 0.15) is 0 Å². The third-order valence-electron chi connectivity index (χ3n) is 9.43. The molecule has 192 valence electrons. The van der Waals surface area contributed by atoms with Gasteiger partial charge in [-0.2, -0.15) is 0 Å². The Labute approximate surface area is 242 Å². The van der Waals surface area contributed by atoms with Gasteiger partial charge in [-0.1, -0.05) is 109 Å². The lowest BCUT2D eigenvalue weighted by Crippen LogP contribution is -1.87. The lowest BCUT2D eigenvalue weighted by atomic mass is 9.90. The average molecular weight is 529 g/mol. The Morgan fingerprint density at radius 2 is 0.476 bits per heavy atom. The summed E-state index contributed by atoms with van der Waals surface area (Å²) in [5, 5.41) is 18.4. The van der Waals surface area contributed by atoms with E-state index in [9.17, 15) is 0 Å². The molecular weight excluding hydrogens is 504 g/mol. The molecule has 0 radical (unpaired) electrons. The molecule has 0 aromatic heterocycles. The fraction of sp³-hybridized carbons (Fsp3) is 0. The van der Waals surface area contributed by atoms with Crippen LogP contribution >= 0.6 is 0 Å². The predicted molar refractivity (Wildman–Crippen MR) is 182 cm³/mol. The summed E-state index contributed by atoms with van der Waals surface area (Å²) in [7, 11) is 0. The van der Waals surface area contributed by atoms with Gasteiger partial charge in [0.25, 0.3) is 0 Å². The van der Waals surface area contributed by atoms with Crippen LogP contribution in [-0.4, -0.2) is 0 Å². The second kappa shape index (κ2) is 8.06. The van der Waals surface area contributed by atoms with Crippen molar-refractivity contribution in [1.29, 1.82) is 0 Å². The highest BCUT2D eigenvalue weighted by Crippen LogP contribution is 2.40. The molecule has 10 rings (SSSR count). The Morgan fingerprint density at radius 3 is 0.857 bits per heavy atom. The summed E-state index contributed by atoms with van der Waals surface area (Å²) in [4.78, 5) is 0. The van der Waals surface area contributed by atoms with Crippen molar-refractivity contribution in [2.75, 3.05) is 0 Å². The van der Waals surface area contributed by atoms with Gasteiger partial charge in [-0.3, -0.25) is 0 Å². The van der Waals surface area contributed by atoms with E-state index >= 15 is 0 Å². The summed E-state index contributed by atoms with van der Waals surface area (Å²) in [5.74, 6) is 0. The summed E-state index contributed by atoms with van der Waals surface area (Å²) in [6.45, 7) is 0. The highest BCUT2D eigenvalue weighted by atomic mass is 14.2. The Bertz CT molecular complexity index is 2360. The quantitative estimate of drug-likeness (QED) is 0.196. The molecule has 0 N–H and O–H groups in total. The van der Waals surface area contributed by atoms with Crippen molar-refractivity contribution in [2.45, 2.75) is 0 Å². The largest absolute Gasteiger partial charge is 0.0610 e. The summed E-state index contributed by atoms with van der Waals surface area (Å²) >= 11 is 0. The molecule has 0 nitrogen and oxygen atoms in total. The first kappa shape index (κ1) is 22.3. The van der Waals surface area contributed by atoms with E-state index < -0.39 is 0 Å². The van der Waals surface area contributed by atoms with Crippen molar-refractivity contribution in [3.63, 3.8) is 0 Å². The zero-order valence-corrected chi connectivity index (χ0v) is 22.9. The molecule has 0 unspecified atom stereocenters. The van der Waals surface area contributed by atoms with Gasteiger partial charge in [0.05, 0.1) is 0 Å². The second-order valence-electron chi connectivity index (χ2n) is 11.8. The maximum absolute atomic E-state index is 2.36. The molecule has 0 saturated heterocycles. The lowest BCUT2D eigenvalue weighted by Gasteiger charge is -2.14. The minimum absolute atomic E-state index is 1.25. The maximum atomic E-state index is 2.36. The summed E-state index contributed by atoms with van der Waals surface area (Å²) < 4.78 is 0. The van der Waals surface area contributed by atoms with Gasteiger partial charge in [-0.25, -0.2) is 0 Å². The van der Waals surface area contributed by atoms with E-state index in [0.29, 0.717) is 0 Å². The van der Waals surface area contributed by atoms with Crippen LogP contribution in [0.3, 0.4) is 0 Å². The molecule has 0 atom stereocenters. The lowest BCUT2D eigenvalue weighted by molar-refractivity contribution is 1.67. The topological polar surface area (TPSA) is 0 Å². The van der Waals surface area contributed by atoms with Crippen LogP contribution in [0.25, 0.3) is 97.7 Å². The third-order valence-corrected chi connectivity index (χ3v) is 9.43. The summed E-state index contributed by atoms with van der Waals surface area (Å²) in [5.41, 5.74) is 5.02. The smallest absolute Gasteiger partial charge is 0.00264 e. The van der Waals surface area contributed by atoms with Crippen LogP contribution in [0.4, 0.5) is 0 Å². The van der Waals surface area contributed by atoms with Crippen molar-refractivity contribution >= 4 is 75.4 Å². The van der Waals surface area contributed by atoms with Gasteiger partial charge in [0.2, 0.25) is 0 Å². The first-order chi connectivity index (χ1) is 20.8. The highest BCUT2D eigenvalue weighted by molar-refractivity contribution is 6.25. The number of rotatable bonds is 2. The molecule has 0 fully saturated rings. The molecule has 0 spiro atoms. The van der Waals surface area contributed by atoms with E-state index in [1.165, 1.54) is 97.7 Å². The molecule has 10 aromatic rings. The van der Waals surface area contributed by atoms with Crippen LogP contribution in [-0.2, 0) is 0 Å². The normalized spacial score (nSPS) is 12.3. The summed E-state index contributed by atoms with van der Waals surface area (Å²) in [6.07, 6.45) is 0. The van der Waals surface area contributed by atoms with E-state index in [1.54, 1.807) is 0 Å². The van der Waals surface area contributed by atoms with E-state index in [4.69, 9.17) is 0 Å². The van der Waals surface area contributed by atoms with Crippen molar-refractivity contribution < 1.29 is 0 Å². The van der Waals surface area contributed by atoms with Gasteiger partial charge in [0.15, 0.2) is 0 Å². The van der Waals surface area contributed by atoms with Gasteiger partial charge >= 0.3 is 0 Å². The van der Waals surface area contributed by atoms with Gasteiger partial charge in [-0.15, -0.1) is 0 Å². The van der Waals surface area contributed by atoms with Crippen molar-refractivity contribution in [2.24, 2.45) is 0 Å². The maximum Gasteiger partial charge on any atom is -0.00264 e. The zero-order valence-electron chi connectivity index (χ0n) is 22.9. The van der Waals surface area contributed by atoms with Gasteiger partial charge in [-0.05, 0) is 134 Å². The number of fused-ring (bicyclic) bond motifs is 1. The minimum Gasteiger partial charge on any atom is -0.0610 e. The molecule has 0 aliphatic rings. The van der Waals surface area contributed by atoms with Gasteiger partial charge < -0.3 is 0 Å². The zero-order chi connectivity index (χ0) is 27.4. The summed E-state index contributed by atoms with van der Waals surface area (Å²) in [6, 6.07) is 54.5. The number of hydrogen-bond donors (Lipinski definition) is 0. The highest BCUT2D eigenvalue weighted by Gasteiger charge is 2.12. The monoisotopic (exact) mass is 528 g/mol. The number of benzene rings is 10. The molecule has 0 heteroatoms. The molecule has 0 amide bonds. The minimum atomic E-state index is 1.25. The molecule has 0 heterocycles. The van der Waals surface area contributed by atoms with E-state index in [-0.39, 0.29) is 0 Å². The van der Waals surface area contributed by atoms with Crippen molar-refractivity contribution in [1.82, 2.24) is 0 Å². The molecule has 0 bridgehead atoms. The van der Waals surface area contributed by atoms with Crippen LogP contribution in [0.1, 0.15) is 0 Å². The van der Waals surface area contributed by atoms with Crippen LogP contribution in [0.5, 0.6) is 0 Å². The SMILES string of the molecule is c1cc2ccc3cc(-c4ccc5ccc(-c6cc7ccc8cccc9ccc(c6)c7c89)cc5c4)cc4ccc(c1)c2c34. The molecule has 0 saturated carbocycles. The Balaban J connectivity index is 1.13. The first-order valence-electron chi connectivity index (χ1n) is 14.7. The fourth-order valence-electron chi connectivity index (χ4n) is 7.45. The van der Waals surface area contributed by atoms with Crippen LogP contribution in [0.2, 0.25) is 0 Å². The third kappa shape index (κ3) is 3.07. The van der Waals surface area contributed by atoms with Crippen LogP contribution in [0, 0.1) is 0 Å². The molecule has 10 aromatic carbocycles. The average Bonchev–Trinajstić information content (AvgIpc) is 3.05. The van der Waals surface area contributed by atoms with Crippen LogP contribution < -0.4 is 0 Å². The first-order valence-corrected chi connectivity index (χ1v) is 14.7. The van der Waals surface area contributed by atoms with Gasteiger partial charge in [0, 0.05) is 0 Å². The predicted octanol–water partition coefficient (Wildman–Crippen LogP) is 12.0. The van der Waals surface area contributed by atoms with Crippen molar-refractivity contribution in [3.05, 3.63) is 146 Å². The molecule has 0 aliphatic heterocycles. The van der Waals surface area contributed by atoms with E-state index in [0.717, 1.165) is 0 Å². The molecule has 0 aliphatic carbocycles. The van der Waals surface area contributed by atoms with Crippen LogP contribution in [0.15, 0.2) is 146 Å². The van der Waals surface area contributed by atoms with E-state index in [2.05, 4.69) is 146 Å². The second-order valence-corrected chi connectivity index (χ2v) is 11.8. The standard InChI is InChI=1S/C42H24/c1-3-26-9-15-32-21-37(22-33-16-10-27(4-1)39(26)41(32)33)30-13-7-25-8-14-31(20-36(25)19-30)38-23-34-17-11-28-5-2-6-29-12-18-35(24-38)42(34)40(28)29/h1-24H. The molecule has 42 heavy (non-hydrogen) atoms. The Hall–Kier alpha value is -5.46. The Morgan fingerprint density at radius 1 is 0.190 bits per heavy atom. The number of hydrogen-bond acceptors (Lipinski definition) is 0. The van der Waals surface area contributed by atoms with E-state index in [1.807, 2.05) is 0 Å². The van der Waals surface area contributed by atoms with Crippen molar-refractivity contribution in [3.8, 4) is 22.3 Å². The Kier molecular flexibility index (Phi) is 4.27. The fourth-order valence-corrected chi connectivity index (χ4v) is 7.45. The molecular formula is C42H24.